The van der Waals surface area contributed by atoms with E-state index in [1.165, 1.54) is 6.21 Å². The Morgan fingerprint density at radius 2 is 2.22 bits per heavy atom. The van der Waals surface area contributed by atoms with Crippen LogP contribution in [0.4, 0.5) is 4.79 Å². The van der Waals surface area contributed by atoms with E-state index in [1.54, 1.807) is 20.1 Å². The first-order valence-electron chi connectivity index (χ1n) is 5.53. The molecule has 0 radical (unpaired) electrons. The third-order valence-corrected chi connectivity index (χ3v) is 2.01. The highest BCUT2D eigenvalue weighted by Gasteiger charge is 1.96. The summed E-state index contributed by atoms with van der Waals surface area (Å²) >= 11 is 0. The number of carbonyl (C=O) groups excluding carboxylic acids is 1. The van der Waals surface area contributed by atoms with Gasteiger partial charge in [-0.1, -0.05) is 18.2 Å². The van der Waals surface area contributed by atoms with E-state index >= 15 is 0 Å². The molecule has 0 aromatic heterocycles. The Morgan fingerprint density at radius 3 is 2.94 bits per heavy atom. The highest BCUT2D eigenvalue weighted by atomic mass is 16.5. The molecule has 1 rings (SSSR count). The molecule has 1 aromatic rings. The number of rotatable bonds is 5. The third kappa shape index (κ3) is 4.69. The number of amides is 1. The molecule has 0 unspecified atom stereocenters. The van der Waals surface area contributed by atoms with Crippen LogP contribution in [0, 0.1) is 0 Å². The van der Waals surface area contributed by atoms with Crippen LogP contribution in [0.25, 0.3) is 6.08 Å². The number of nitrogens with one attached hydrogen (secondary N) is 1. The summed E-state index contributed by atoms with van der Waals surface area (Å²) in [6.45, 7) is 2.04. The van der Waals surface area contributed by atoms with E-state index in [4.69, 9.17) is 4.74 Å². The fraction of sp³-hybridized carbons (Fsp3) is 0.231. The first-order chi connectivity index (χ1) is 8.77. The van der Waals surface area contributed by atoms with Gasteiger partial charge < -0.3 is 9.47 Å². The lowest BCUT2D eigenvalue weighted by Crippen LogP contribution is -2.18. The topological polar surface area (TPSA) is 59.9 Å². The summed E-state index contributed by atoms with van der Waals surface area (Å²) in [6.07, 6.45) is 4.42. The van der Waals surface area contributed by atoms with Crippen molar-refractivity contribution in [1.82, 2.24) is 5.43 Å². The van der Waals surface area contributed by atoms with Crippen LogP contribution in [0.2, 0.25) is 0 Å². The Balaban J connectivity index is 2.49. The normalized spacial score (nSPS) is 10.8. The lowest BCUT2D eigenvalue weighted by Gasteiger charge is -2.02. The Bertz CT molecular complexity index is 442. The largest absolute Gasteiger partial charge is 0.496 e. The minimum Gasteiger partial charge on any atom is -0.496 e. The number of hydrogen-bond donors (Lipinski definition) is 1. The summed E-state index contributed by atoms with van der Waals surface area (Å²) < 4.78 is 9.82. The quantitative estimate of drug-likeness (QED) is 0.643. The van der Waals surface area contributed by atoms with E-state index in [1.807, 2.05) is 30.3 Å². The summed E-state index contributed by atoms with van der Waals surface area (Å²) in [5.41, 5.74) is 3.16. The van der Waals surface area contributed by atoms with Gasteiger partial charge in [-0.05, 0) is 25.1 Å². The molecule has 0 atom stereocenters. The first-order valence-corrected chi connectivity index (χ1v) is 5.53. The van der Waals surface area contributed by atoms with Crippen LogP contribution in [0.1, 0.15) is 12.5 Å². The molecular weight excluding hydrogens is 232 g/mol. The maximum Gasteiger partial charge on any atom is 0.427 e. The second-order valence-electron chi connectivity index (χ2n) is 3.21. The summed E-state index contributed by atoms with van der Waals surface area (Å²) in [7, 11) is 1.61. The third-order valence-electron chi connectivity index (χ3n) is 2.01. The van der Waals surface area contributed by atoms with Crippen molar-refractivity contribution < 1.29 is 14.3 Å². The van der Waals surface area contributed by atoms with Crippen molar-refractivity contribution in [1.29, 1.82) is 0 Å². The molecule has 5 heteroatoms. The van der Waals surface area contributed by atoms with Crippen LogP contribution in [0.15, 0.2) is 35.4 Å². The van der Waals surface area contributed by atoms with Gasteiger partial charge >= 0.3 is 6.09 Å². The predicted octanol–water partition coefficient (Wildman–Crippen LogP) is 2.44. The van der Waals surface area contributed by atoms with Crippen molar-refractivity contribution >= 4 is 18.4 Å². The second kappa shape index (κ2) is 7.89. The number of allylic oxidation sites excluding steroid dienone is 1. The number of para-hydroxylation sites is 1. The smallest absolute Gasteiger partial charge is 0.427 e. The molecule has 0 heterocycles. The first kappa shape index (κ1) is 13.8. The number of benzene rings is 1. The highest BCUT2D eigenvalue weighted by molar-refractivity contribution is 5.80. The van der Waals surface area contributed by atoms with E-state index in [0.29, 0.717) is 6.61 Å². The number of hydrazone groups is 1. The number of methoxy groups -OCH3 is 1. The fourth-order valence-electron chi connectivity index (χ4n) is 1.25. The van der Waals surface area contributed by atoms with Crippen molar-refractivity contribution in [2.45, 2.75) is 6.92 Å². The van der Waals surface area contributed by atoms with Gasteiger partial charge in [0.1, 0.15) is 5.75 Å². The lowest BCUT2D eigenvalue weighted by molar-refractivity contribution is 0.152. The summed E-state index contributed by atoms with van der Waals surface area (Å²) in [5, 5.41) is 3.68. The van der Waals surface area contributed by atoms with E-state index < -0.39 is 6.09 Å². The minimum absolute atomic E-state index is 0.318. The molecule has 0 bridgehead atoms. The molecule has 0 saturated heterocycles. The Hall–Kier alpha value is -2.30. The Kier molecular flexibility index (Phi) is 6.03. The van der Waals surface area contributed by atoms with Crippen LogP contribution in [0.3, 0.4) is 0 Å². The van der Waals surface area contributed by atoms with E-state index in [9.17, 15) is 4.79 Å². The van der Waals surface area contributed by atoms with Gasteiger partial charge in [0.05, 0.1) is 13.7 Å². The van der Waals surface area contributed by atoms with Gasteiger partial charge in [0.2, 0.25) is 0 Å². The predicted molar refractivity (Wildman–Crippen MR) is 70.7 cm³/mol. The van der Waals surface area contributed by atoms with Crippen molar-refractivity contribution in [3.63, 3.8) is 0 Å². The zero-order valence-electron chi connectivity index (χ0n) is 10.4. The number of nitrogens with zero attached hydrogens (tertiary/aromatic N) is 1. The van der Waals surface area contributed by atoms with Gasteiger partial charge in [0, 0.05) is 11.8 Å². The average molecular weight is 248 g/mol. The molecule has 0 aliphatic rings. The van der Waals surface area contributed by atoms with Gasteiger partial charge in [-0.15, -0.1) is 0 Å². The molecule has 0 aliphatic carbocycles. The average Bonchev–Trinajstić information content (AvgIpc) is 2.39. The molecule has 1 N–H and O–H groups in total. The Morgan fingerprint density at radius 1 is 1.44 bits per heavy atom. The van der Waals surface area contributed by atoms with Crippen LogP contribution >= 0.6 is 0 Å². The molecule has 1 aromatic carbocycles. The van der Waals surface area contributed by atoms with Gasteiger partial charge in [-0.25, -0.2) is 10.2 Å². The monoisotopic (exact) mass is 248 g/mol. The zero-order chi connectivity index (χ0) is 13.2. The highest BCUT2D eigenvalue weighted by Crippen LogP contribution is 2.18. The molecule has 0 aliphatic heterocycles. The number of carbonyl (C=O) groups is 1. The van der Waals surface area contributed by atoms with Gasteiger partial charge in [-0.3, -0.25) is 0 Å². The maximum atomic E-state index is 10.9. The van der Waals surface area contributed by atoms with Crippen LogP contribution in [-0.4, -0.2) is 26.0 Å². The van der Waals surface area contributed by atoms with Gasteiger partial charge in [0.25, 0.3) is 0 Å². The zero-order valence-corrected chi connectivity index (χ0v) is 10.4. The van der Waals surface area contributed by atoms with E-state index in [2.05, 4.69) is 15.3 Å². The number of hydrogen-bond acceptors (Lipinski definition) is 4. The van der Waals surface area contributed by atoms with E-state index in [-0.39, 0.29) is 0 Å². The Labute approximate surface area is 106 Å². The lowest BCUT2D eigenvalue weighted by atomic mass is 10.2. The minimum atomic E-state index is -0.570. The summed E-state index contributed by atoms with van der Waals surface area (Å²) in [6, 6.07) is 7.60. The molecule has 0 saturated carbocycles. The molecule has 18 heavy (non-hydrogen) atoms. The molecule has 0 spiro atoms. The van der Waals surface area contributed by atoms with Crippen LogP contribution in [0.5, 0.6) is 5.75 Å². The van der Waals surface area contributed by atoms with Gasteiger partial charge in [-0.2, -0.15) is 5.10 Å². The second-order valence-corrected chi connectivity index (χ2v) is 3.21. The van der Waals surface area contributed by atoms with Crippen molar-refractivity contribution in [2.24, 2.45) is 5.10 Å². The summed E-state index contributed by atoms with van der Waals surface area (Å²) in [5.74, 6) is 0.778. The molecule has 0 fully saturated rings. The standard InChI is InChI=1S/C13H16N2O3/c1-3-18-13(16)15-14-10-6-8-11-7-4-5-9-12(11)17-2/h4-10H,3H2,1-2H3,(H,15,16). The van der Waals surface area contributed by atoms with Crippen LogP contribution < -0.4 is 10.2 Å². The van der Waals surface area contributed by atoms with Gasteiger partial charge in [0.15, 0.2) is 0 Å². The fourth-order valence-corrected chi connectivity index (χ4v) is 1.25. The van der Waals surface area contributed by atoms with Crippen LogP contribution in [-0.2, 0) is 4.74 Å². The summed E-state index contributed by atoms with van der Waals surface area (Å²) in [4.78, 5) is 10.9. The number of ether oxygens (including phenoxy) is 2. The van der Waals surface area contributed by atoms with Crippen molar-refractivity contribution in [2.75, 3.05) is 13.7 Å². The molecule has 1 amide bonds. The SMILES string of the molecule is CCOC(=O)NN=CC=Cc1ccccc1OC. The van der Waals surface area contributed by atoms with Crippen molar-refractivity contribution in [3.8, 4) is 5.75 Å². The van der Waals surface area contributed by atoms with E-state index in [0.717, 1.165) is 11.3 Å². The maximum absolute atomic E-state index is 10.9. The molecule has 96 valence electrons. The molecule has 5 nitrogen and oxygen atoms in total. The van der Waals surface area contributed by atoms with Crippen molar-refractivity contribution in [3.05, 3.63) is 35.9 Å². The molecular formula is C13H16N2O3.